The highest BCUT2D eigenvalue weighted by molar-refractivity contribution is 7.80. The van der Waals surface area contributed by atoms with Crippen molar-refractivity contribution >= 4 is 35.0 Å². The van der Waals surface area contributed by atoms with Crippen LogP contribution in [0.3, 0.4) is 0 Å². The molecule has 0 radical (unpaired) electrons. The Bertz CT molecular complexity index is 1040. The Kier molecular flexibility index (Phi) is 7.37. The van der Waals surface area contributed by atoms with Gasteiger partial charge < -0.3 is 19.5 Å². The van der Waals surface area contributed by atoms with E-state index in [9.17, 15) is 18.0 Å². The van der Waals surface area contributed by atoms with Crippen molar-refractivity contribution in [2.45, 2.75) is 19.7 Å². The SMILES string of the molecule is CCOc1ccccc1N1C(=O)/C(=C\c2ccc(OC)c(COCC(F)(F)F)c2)NC1=S. The lowest BCUT2D eigenvalue weighted by atomic mass is 10.1. The minimum absolute atomic E-state index is 0.190. The van der Waals surface area contributed by atoms with E-state index in [1.807, 2.05) is 6.92 Å². The zero-order valence-corrected chi connectivity index (χ0v) is 18.2. The Morgan fingerprint density at radius 2 is 1.91 bits per heavy atom. The third-order valence-corrected chi connectivity index (χ3v) is 4.71. The number of ether oxygens (including phenoxy) is 3. The average molecular weight is 466 g/mol. The van der Waals surface area contributed by atoms with Crippen LogP contribution in [0, 0.1) is 0 Å². The first-order valence-electron chi connectivity index (χ1n) is 9.64. The molecule has 1 aliphatic heterocycles. The summed E-state index contributed by atoms with van der Waals surface area (Å²) in [6, 6.07) is 11.9. The summed E-state index contributed by atoms with van der Waals surface area (Å²) >= 11 is 5.35. The number of carbonyl (C=O) groups excluding carboxylic acids is 1. The van der Waals surface area contributed by atoms with Crippen LogP contribution in [0.5, 0.6) is 11.5 Å². The van der Waals surface area contributed by atoms with Crippen LogP contribution in [-0.4, -0.2) is 37.5 Å². The van der Waals surface area contributed by atoms with Crippen molar-refractivity contribution in [2.75, 3.05) is 25.2 Å². The molecule has 0 bridgehead atoms. The largest absolute Gasteiger partial charge is 0.496 e. The van der Waals surface area contributed by atoms with E-state index < -0.39 is 12.8 Å². The van der Waals surface area contributed by atoms with Gasteiger partial charge in [0.25, 0.3) is 5.91 Å². The summed E-state index contributed by atoms with van der Waals surface area (Å²) in [6.45, 7) is 0.592. The van der Waals surface area contributed by atoms with Crippen LogP contribution in [0.15, 0.2) is 48.2 Å². The van der Waals surface area contributed by atoms with Crippen molar-refractivity contribution in [3.8, 4) is 11.5 Å². The van der Waals surface area contributed by atoms with E-state index in [-0.39, 0.29) is 23.3 Å². The Balaban J connectivity index is 1.85. The van der Waals surface area contributed by atoms with Gasteiger partial charge in [0.1, 0.15) is 23.8 Å². The third kappa shape index (κ3) is 5.57. The lowest BCUT2D eigenvalue weighted by Crippen LogP contribution is -2.30. The van der Waals surface area contributed by atoms with Gasteiger partial charge in [0.15, 0.2) is 5.11 Å². The Morgan fingerprint density at radius 1 is 1.16 bits per heavy atom. The molecule has 1 N–H and O–H groups in total. The molecule has 32 heavy (non-hydrogen) atoms. The maximum atomic E-state index is 13.0. The number of methoxy groups -OCH3 is 1. The minimum atomic E-state index is -4.43. The maximum absolute atomic E-state index is 13.0. The van der Waals surface area contributed by atoms with Gasteiger partial charge in [-0.05, 0) is 55.0 Å². The van der Waals surface area contributed by atoms with Gasteiger partial charge in [-0.15, -0.1) is 0 Å². The first-order valence-corrected chi connectivity index (χ1v) is 10.0. The summed E-state index contributed by atoms with van der Waals surface area (Å²) in [6.07, 6.45) is -2.87. The number of benzene rings is 2. The second-order valence-corrected chi connectivity index (χ2v) is 7.10. The Hall–Kier alpha value is -3.11. The van der Waals surface area contributed by atoms with Crippen molar-refractivity contribution in [3.05, 3.63) is 59.3 Å². The zero-order chi connectivity index (χ0) is 23.3. The average Bonchev–Trinajstić information content (AvgIpc) is 3.01. The van der Waals surface area contributed by atoms with Gasteiger partial charge in [0, 0.05) is 5.56 Å². The molecule has 1 saturated heterocycles. The summed E-state index contributed by atoms with van der Waals surface area (Å²) in [5.74, 6) is 0.512. The zero-order valence-electron chi connectivity index (χ0n) is 17.4. The molecule has 0 aromatic heterocycles. The molecule has 1 aliphatic rings. The number of thiocarbonyl (C=S) groups is 1. The molecular weight excluding hydrogens is 445 g/mol. The van der Waals surface area contributed by atoms with E-state index >= 15 is 0 Å². The van der Waals surface area contributed by atoms with Crippen molar-refractivity contribution in [2.24, 2.45) is 0 Å². The van der Waals surface area contributed by atoms with E-state index in [4.69, 9.17) is 26.4 Å². The number of alkyl halides is 3. The second-order valence-electron chi connectivity index (χ2n) is 6.71. The molecule has 0 unspecified atom stereocenters. The highest BCUT2D eigenvalue weighted by atomic mass is 32.1. The fraction of sp³-hybridized carbons (Fsp3) is 0.273. The number of amides is 1. The summed E-state index contributed by atoms with van der Waals surface area (Å²) < 4.78 is 52.7. The lowest BCUT2D eigenvalue weighted by molar-refractivity contribution is -0.176. The molecule has 2 aromatic carbocycles. The quantitative estimate of drug-likeness (QED) is 0.459. The fourth-order valence-corrected chi connectivity index (χ4v) is 3.41. The first kappa shape index (κ1) is 23.6. The normalized spacial score (nSPS) is 15.3. The second kappa shape index (κ2) is 10.0. The van der Waals surface area contributed by atoms with Gasteiger partial charge in [-0.1, -0.05) is 18.2 Å². The number of hydrogen-bond acceptors (Lipinski definition) is 5. The van der Waals surface area contributed by atoms with Gasteiger partial charge in [-0.25, -0.2) is 4.90 Å². The smallest absolute Gasteiger partial charge is 0.411 e. The summed E-state index contributed by atoms with van der Waals surface area (Å²) in [7, 11) is 1.41. The van der Waals surface area contributed by atoms with Crippen LogP contribution in [0.25, 0.3) is 6.08 Å². The molecule has 10 heteroatoms. The molecule has 1 amide bonds. The molecule has 170 valence electrons. The van der Waals surface area contributed by atoms with E-state index in [2.05, 4.69) is 5.32 Å². The van der Waals surface area contributed by atoms with Crippen LogP contribution >= 0.6 is 12.2 Å². The maximum Gasteiger partial charge on any atom is 0.411 e. The highest BCUT2D eigenvalue weighted by Crippen LogP contribution is 2.32. The van der Waals surface area contributed by atoms with Crippen LogP contribution in [0.1, 0.15) is 18.1 Å². The van der Waals surface area contributed by atoms with Crippen LogP contribution in [0.2, 0.25) is 0 Å². The Morgan fingerprint density at radius 3 is 2.59 bits per heavy atom. The molecule has 6 nitrogen and oxygen atoms in total. The van der Waals surface area contributed by atoms with E-state index in [0.29, 0.717) is 34.9 Å². The Labute approximate surface area is 188 Å². The summed E-state index contributed by atoms with van der Waals surface area (Å²) in [5.41, 5.74) is 1.71. The van der Waals surface area contributed by atoms with Gasteiger partial charge >= 0.3 is 6.18 Å². The van der Waals surface area contributed by atoms with Crippen molar-refractivity contribution in [3.63, 3.8) is 0 Å². The number of carbonyl (C=O) groups is 1. The van der Waals surface area contributed by atoms with Crippen LogP contribution in [-0.2, 0) is 16.1 Å². The van der Waals surface area contributed by atoms with Crippen molar-refractivity contribution in [1.29, 1.82) is 0 Å². The summed E-state index contributed by atoms with van der Waals surface area (Å²) in [5, 5.41) is 3.07. The molecule has 3 rings (SSSR count). The van der Waals surface area contributed by atoms with Crippen LogP contribution in [0.4, 0.5) is 18.9 Å². The summed E-state index contributed by atoms with van der Waals surface area (Å²) in [4.78, 5) is 14.4. The minimum Gasteiger partial charge on any atom is -0.496 e. The number of nitrogens with zero attached hydrogens (tertiary/aromatic N) is 1. The monoisotopic (exact) mass is 466 g/mol. The number of nitrogens with one attached hydrogen (secondary N) is 1. The molecule has 1 heterocycles. The predicted octanol–water partition coefficient (Wildman–Crippen LogP) is 4.44. The predicted molar refractivity (Wildman–Crippen MR) is 118 cm³/mol. The number of anilines is 1. The van der Waals surface area contributed by atoms with Gasteiger partial charge in [0.05, 0.1) is 26.0 Å². The number of hydrogen-bond donors (Lipinski definition) is 1. The molecule has 0 spiro atoms. The number of rotatable bonds is 8. The molecule has 0 aliphatic carbocycles. The van der Waals surface area contributed by atoms with Crippen LogP contribution < -0.4 is 19.7 Å². The molecule has 1 fully saturated rings. The number of para-hydroxylation sites is 2. The first-order chi connectivity index (χ1) is 15.2. The van der Waals surface area contributed by atoms with E-state index in [1.54, 1.807) is 48.5 Å². The topological polar surface area (TPSA) is 60.0 Å². The molecule has 2 aromatic rings. The lowest BCUT2D eigenvalue weighted by Gasteiger charge is -2.18. The highest BCUT2D eigenvalue weighted by Gasteiger charge is 2.33. The number of halogens is 3. The molecule has 0 atom stereocenters. The fourth-order valence-electron chi connectivity index (χ4n) is 3.12. The third-order valence-electron chi connectivity index (χ3n) is 4.42. The standard InChI is InChI=1S/C22H21F3N2O4S/c1-3-31-19-7-5-4-6-17(19)27-20(28)16(26-21(27)32)11-14-8-9-18(29-2)15(10-14)12-30-13-22(23,24)25/h4-11H,3,12-13H2,1-2H3,(H,26,32)/b16-11+. The van der Waals surface area contributed by atoms with E-state index in [0.717, 1.165) is 0 Å². The van der Waals surface area contributed by atoms with E-state index in [1.165, 1.54) is 12.0 Å². The van der Waals surface area contributed by atoms with Gasteiger partial charge in [-0.3, -0.25) is 4.79 Å². The van der Waals surface area contributed by atoms with Gasteiger partial charge in [-0.2, -0.15) is 13.2 Å². The molecule has 0 saturated carbocycles. The van der Waals surface area contributed by atoms with Crippen molar-refractivity contribution in [1.82, 2.24) is 5.32 Å². The van der Waals surface area contributed by atoms with Crippen molar-refractivity contribution < 1.29 is 32.2 Å². The van der Waals surface area contributed by atoms with Gasteiger partial charge in [0.2, 0.25) is 0 Å². The molecular formula is C22H21F3N2O4S.